The van der Waals surface area contributed by atoms with E-state index in [1.54, 1.807) is 20.8 Å². The van der Waals surface area contributed by atoms with Gasteiger partial charge < -0.3 is 10.4 Å². The maximum atomic E-state index is 12.1. The highest BCUT2D eigenvalue weighted by Crippen LogP contribution is 2.17. The maximum Gasteiger partial charge on any atom is 0.337 e. The van der Waals surface area contributed by atoms with Crippen molar-refractivity contribution in [3.8, 4) is 0 Å². The lowest BCUT2D eigenvalue weighted by atomic mass is 10.1. The summed E-state index contributed by atoms with van der Waals surface area (Å²) in [5, 5.41) is 11.5. The van der Waals surface area contributed by atoms with Gasteiger partial charge in [-0.3, -0.25) is 4.79 Å². The summed E-state index contributed by atoms with van der Waals surface area (Å²) < 4.78 is 24.3. The van der Waals surface area contributed by atoms with Crippen LogP contribution in [0, 0.1) is 0 Å². The molecule has 1 amide bonds. The van der Waals surface area contributed by atoms with Gasteiger partial charge in [0, 0.05) is 5.54 Å². The number of benzene rings is 1. The number of carboxylic acid groups (broad SMARTS) is 1. The Kier molecular flexibility index (Phi) is 4.54. The zero-order valence-corrected chi connectivity index (χ0v) is 12.3. The molecule has 0 spiro atoms. The summed E-state index contributed by atoms with van der Waals surface area (Å²) in [5.41, 5.74) is -0.894. The summed E-state index contributed by atoms with van der Waals surface area (Å²) in [4.78, 5) is 22.4. The van der Waals surface area contributed by atoms with Crippen molar-refractivity contribution in [1.29, 1.82) is 0 Å². The molecule has 0 unspecified atom stereocenters. The van der Waals surface area contributed by atoms with Crippen molar-refractivity contribution in [2.75, 3.05) is 5.75 Å². The minimum atomic E-state index is -4.00. The van der Waals surface area contributed by atoms with Gasteiger partial charge in [-0.15, -0.1) is 0 Å². The number of carbonyl (C=O) groups is 2. The first-order chi connectivity index (χ1) is 9.03. The number of amides is 1. The fourth-order valence-electron chi connectivity index (χ4n) is 1.62. The van der Waals surface area contributed by atoms with E-state index in [4.69, 9.17) is 5.11 Å². The number of hydrogen-bond acceptors (Lipinski definition) is 4. The highest BCUT2D eigenvalue weighted by molar-refractivity contribution is 7.92. The quantitative estimate of drug-likeness (QED) is 0.866. The first kappa shape index (κ1) is 16.2. The van der Waals surface area contributed by atoms with Crippen LogP contribution in [-0.2, 0) is 14.6 Å². The van der Waals surface area contributed by atoms with Crippen LogP contribution in [-0.4, -0.2) is 36.7 Å². The molecule has 0 aliphatic carbocycles. The summed E-state index contributed by atoms with van der Waals surface area (Å²) in [5.74, 6) is -2.80. The third-order valence-electron chi connectivity index (χ3n) is 2.29. The Hall–Kier alpha value is -1.89. The van der Waals surface area contributed by atoms with Crippen molar-refractivity contribution in [3.63, 3.8) is 0 Å². The molecule has 0 saturated heterocycles. The molecule has 0 saturated carbocycles. The Morgan fingerprint density at radius 2 is 1.75 bits per heavy atom. The molecule has 1 rings (SSSR count). The molecule has 0 fully saturated rings. The number of aromatic carboxylic acids is 1. The summed E-state index contributed by atoms with van der Waals surface area (Å²) in [6.07, 6.45) is 0. The molecular formula is C13H17NO5S. The SMILES string of the molecule is CC(C)(C)NC(=O)CS(=O)(=O)c1ccccc1C(=O)O. The molecular weight excluding hydrogens is 282 g/mol. The number of rotatable bonds is 4. The molecule has 0 heterocycles. The van der Waals surface area contributed by atoms with Gasteiger partial charge in [-0.05, 0) is 32.9 Å². The molecule has 20 heavy (non-hydrogen) atoms. The van der Waals surface area contributed by atoms with Gasteiger partial charge in [-0.2, -0.15) is 0 Å². The van der Waals surface area contributed by atoms with Gasteiger partial charge >= 0.3 is 5.97 Å². The summed E-state index contributed by atoms with van der Waals surface area (Å²) in [6.45, 7) is 5.17. The Labute approximate surface area is 117 Å². The molecule has 0 atom stereocenters. The molecule has 2 N–H and O–H groups in total. The Balaban J connectivity index is 3.07. The van der Waals surface area contributed by atoms with E-state index in [1.165, 1.54) is 24.3 Å². The Bertz CT molecular complexity index is 628. The second-order valence-corrected chi connectivity index (χ2v) is 7.32. The van der Waals surface area contributed by atoms with Gasteiger partial charge in [0.2, 0.25) is 5.91 Å². The number of nitrogens with one attached hydrogen (secondary N) is 1. The monoisotopic (exact) mass is 299 g/mol. The topological polar surface area (TPSA) is 101 Å². The summed E-state index contributed by atoms with van der Waals surface area (Å²) >= 11 is 0. The second kappa shape index (κ2) is 5.62. The van der Waals surface area contributed by atoms with Crippen molar-refractivity contribution in [2.45, 2.75) is 31.2 Å². The van der Waals surface area contributed by atoms with E-state index in [-0.39, 0.29) is 10.5 Å². The molecule has 1 aromatic carbocycles. The zero-order valence-electron chi connectivity index (χ0n) is 11.5. The van der Waals surface area contributed by atoms with Gasteiger partial charge in [-0.25, -0.2) is 13.2 Å². The standard InChI is InChI=1S/C13H17NO5S/c1-13(2,3)14-11(15)8-20(18,19)10-7-5-4-6-9(10)12(16)17/h4-7H,8H2,1-3H3,(H,14,15)(H,16,17). The highest BCUT2D eigenvalue weighted by atomic mass is 32.2. The number of carbonyl (C=O) groups excluding carboxylic acids is 1. The van der Waals surface area contributed by atoms with Crippen LogP contribution in [0.1, 0.15) is 31.1 Å². The number of hydrogen-bond donors (Lipinski definition) is 2. The predicted molar refractivity (Wildman–Crippen MR) is 73.3 cm³/mol. The fourth-order valence-corrected chi connectivity index (χ4v) is 2.97. The zero-order chi connectivity index (χ0) is 15.6. The van der Waals surface area contributed by atoms with E-state index in [0.29, 0.717) is 0 Å². The molecule has 0 aliphatic heterocycles. The molecule has 6 nitrogen and oxygen atoms in total. The van der Waals surface area contributed by atoms with E-state index in [0.717, 1.165) is 0 Å². The van der Waals surface area contributed by atoms with Gasteiger partial charge in [0.15, 0.2) is 9.84 Å². The minimum Gasteiger partial charge on any atom is -0.478 e. The van der Waals surface area contributed by atoms with Crippen LogP contribution in [0.5, 0.6) is 0 Å². The van der Waals surface area contributed by atoms with Gasteiger partial charge in [-0.1, -0.05) is 12.1 Å². The normalized spacial score (nSPS) is 11.9. The van der Waals surface area contributed by atoms with Crippen LogP contribution in [0.4, 0.5) is 0 Å². The van der Waals surface area contributed by atoms with Gasteiger partial charge in [0.05, 0.1) is 10.5 Å². The van der Waals surface area contributed by atoms with Crippen LogP contribution >= 0.6 is 0 Å². The molecule has 0 bridgehead atoms. The highest BCUT2D eigenvalue weighted by Gasteiger charge is 2.26. The lowest BCUT2D eigenvalue weighted by Crippen LogP contribution is -2.43. The Morgan fingerprint density at radius 3 is 2.25 bits per heavy atom. The lowest BCUT2D eigenvalue weighted by Gasteiger charge is -2.20. The number of carboxylic acids is 1. The largest absolute Gasteiger partial charge is 0.478 e. The van der Waals surface area contributed by atoms with E-state index in [2.05, 4.69) is 5.32 Å². The van der Waals surface area contributed by atoms with Gasteiger partial charge in [0.1, 0.15) is 5.75 Å². The molecule has 0 aromatic heterocycles. The Morgan fingerprint density at radius 1 is 1.20 bits per heavy atom. The van der Waals surface area contributed by atoms with Crippen LogP contribution in [0.25, 0.3) is 0 Å². The molecule has 110 valence electrons. The predicted octanol–water partition coefficient (Wildman–Crippen LogP) is 1.07. The summed E-state index contributed by atoms with van der Waals surface area (Å²) in [6, 6.07) is 5.22. The van der Waals surface area contributed by atoms with E-state index in [9.17, 15) is 18.0 Å². The van der Waals surface area contributed by atoms with Crippen LogP contribution in [0.3, 0.4) is 0 Å². The van der Waals surface area contributed by atoms with Crippen molar-refractivity contribution in [3.05, 3.63) is 29.8 Å². The van der Waals surface area contributed by atoms with Crippen LogP contribution in [0.15, 0.2) is 29.2 Å². The van der Waals surface area contributed by atoms with Crippen molar-refractivity contribution in [2.24, 2.45) is 0 Å². The van der Waals surface area contributed by atoms with Crippen molar-refractivity contribution >= 4 is 21.7 Å². The van der Waals surface area contributed by atoms with Crippen LogP contribution in [0.2, 0.25) is 0 Å². The smallest absolute Gasteiger partial charge is 0.337 e. The number of sulfone groups is 1. The average molecular weight is 299 g/mol. The van der Waals surface area contributed by atoms with Gasteiger partial charge in [0.25, 0.3) is 0 Å². The first-order valence-corrected chi connectivity index (χ1v) is 7.54. The summed E-state index contributed by atoms with van der Waals surface area (Å²) in [7, 11) is -4.00. The van der Waals surface area contributed by atoms with E-state index in [1.807, 2.05) is 0 Å². The first-order valence-electron chi connectivity index (χ1n) is 5.89. The molecule has 0 aliphatic rings. The molecule has 7 heteroatoms. The van der Waals surface area contributed by atoms with Crippen LogP contribution < -0.4 is 5.32 Å². The maximum absolute atomic E-state index is 12.1. The third-order valence-corrected chi connectivity index (χ3v) is 3.96. The van der Waals surface area contributed by atoms with E-state index >= 15 is 0 Å². The fraction of sp³-hybridized carbons (Fsp3) is 0.385. The lowest BCUT2D eigenvalue weighted by molar-refractivity contribution is -0.120. The molecule has 1 aromatic rings. The van der Waals surface area contributed by atoms with Crippen molar-refractivity contribution in [1.82, 2.24) is 5.32 Å². The van der Waals surface area contributed by atoms with Crippen molar-refractivity contribution < 1.29 is 23.1 Å². The average Bonchev–Trinajstić information content (AvgIpc) is 2.25. The molecule has 0 radical (unpaired) electrons. The van der Waals surface area contributed by atoms with E-state index < -0.39 is 33.0 Å². The minimum absolute atomic E-state index is 0.337. The third kappa shape index (κ3) is 4.34. The second-order valence-electron chi connectivity index (χ2n) is 5.36.